The van der Waals surface area contributed by atoms with Gasteiger partial charge in [-0.1, -0.05) is 35.9 Å². The molecule has 2 heterocycles. The molecule has 0 aliphatic carbocycles. The van der Waals surface area contributed by atoms with Gasteiger partial charge in [-0.25, -0.2) is 9.67 Å². The summed E-state index contributed by atoms with van der Waals surface area (Å²) in [5.41, 5.74) is 5.35. The fraction of sp³-hybridized carbons (Fsp3) is 0.250. The van der Waals surface area contributed by atoms with Gasteiger partial charge in [0.15, 0.2) is 5.96 Å². The number of hydrogen-bond donors (Lipinski definition) is 2. The van der Waals surface area contributed by atoms with Crippen LogP contribution in [-0.4, -0.2) is 27.8 Å². The van der Waals surface area contributed by atoms with Crippen molar-refractivity contribution in [3.8, 4) is 5.69 Å². The SMILES string of the molecule is CN=C(NCc1ccc(Cl)nc1)NCc1ccccc1-n1nc(C)cc1C.I. The van der Waals surface area contributed by atoms with Crippen LogP contribution in [0, 0.1) is 13.8 Å². The summed E-state index contributed by atoms with van der Waals surface area (Å²) in [4.78, 5) is 8.37. The summed E-state index contributed by atoms with van der Waals surface area (Å²) >= 11 is 5.82. The molecule has 0 saturated heterocycles. The van der Waals surface area contributed by atoms with Crippen LogP contribution in [-0.2, 0) is 13.1 Å². The molecule has 6 nitrogen and oxygen atoms in total. The quantitative estimate of drug-likeness (QED) is 0.235. The molecule has 28 heavy (non-hydrogen) atoms. The highest BCUT2D eigenvalue weighted by Crippen LogP contribution is 2.16. The van der Waals surface area contributed by atoms with Crippen LogP contribution in [0.15, 0.2) is 53.7 Å². The highest BCUT2D eigenvalue weighted by Gasteiger charge is 2.09. The van der Waals surface area contributed by atoms with Gasteiger partial charge in [0, 0.05) is 32.0 Å². The number of para-hydroxylation sites is 1. The minimum absolute atomic E-state index is 0. The Labute approximate surface area is 187 Å². The van der Waals surface area contributed by atoms with Crippen molar-refractivity contribution in [2.45, 2.75) is 26.9 Å². The maximum atomic E-state index is 5.82. The molecule has 8 heteroatoms. The first-order valence-electron chi connectivity index (χ1n) is 8.73. The fourth-order valence-electron chi connectivity index (χ4n) is 2.84. The van der Waals surface area contributed by atoms with Crippen molar-refractivity contribution in [2.75, 3.05) is 7.05 Å². The first kappa shape index (κ1) is 22.2. The monoisotopic (exact) mass is 510 g/mol. The Balaban J connectivity index is 0.00000280. The van der Waals surface area contributed by atoms with E-state index in [-0.39, 0.29) is 24.0 Å². The van der Waals surface area contributed by atoms with Crippen LogP contribution in [0.2, 0.25) is 5.15 Å². The maximum absolute atomic E-state index is 5.82. The Morgan fingerprint density at radius 2 is 1.86 bits per heavy atom. The number of benzene rings is 1. The smallest absolute Gasteiger partial charge is 0.191 e. The first-order valence-corrected chi connectivity index (χ1v) is 9.11. The zero-order valence-electron chi connectivity index (χ0n) is 16.1. The van der Waals surface area contributed by atoms with Crippen molar-refractivity contribution >= 4 is 41.5 Å². The van der Waals surface area contributed by atoms with Gasteiger partial charge in [-0.3, -0.25) is 4.99 Å². The standard InChI is InChI=1S/C20H23ClN6.HI/c1-14-10-15(2)27(26-14)18-7-5-4-6-17(18)13-25-20(22-3)24-12-16-8-9-19(21)23-11-16;/h4-11H,12-13H2,1-3H3,(H2,22,24,25);1H. The lowest BCUT2D eigenvalue weighted by Gasteiger charge is -2.15. The highest BCUT2D eigenvalue weighted by molar-refractivity contribution is 14.0. The zero-order chi connectivity index (χ0) is 19.2. The van der Waals surface area contributed by atoms with Gasteiger partial charge < -0.3 is 10.6 Å². The molecule has 3 rings (SSSR count). The van der Waals surface area contributed by atoms with Gasteiger partial charge in [0.25, 0.3) is 0 Å². The molecule has 0 spiro atoms. The second-order valence-corrected chi connectivity index (χ2v) is 6.62. The van der Waals surface area contributed by atoms with E-state index in [0.717, 1.165) is 28.2 Å². The molecule has 2 aromatic heterocycles. The third-order valence-electron chi connectivity index (χ3n) is 4.15. The summed E-state index contributed by atoms with van der Waals surface area (Å²) in [5, 5.41) is 11.7. The number of pyridine rings is 1. The molecule has 0 unspecified atom stereocenters. The van der Waals surface area contributed by atoms with Gasteiger partial charge in [0.05, 0.1) is 11.4 Å². The minimum Gasteiger partial charge on any atom is -0.352 e. The van der Waals surface area contributed by atoms with E-state index in [0.29, 0.717) is 24.2 Å². The molecule has 0 atom stereocenters. The van der Waals surface area contributed by atoms with E-state index in [2.05, 4.69) is 50.8 Å². The molecule has 0 amide bonds. The number of hydrogen-bond acceptors (Lipinski definition) is 3. The van der Waals surface area contributed by atoms with Crippen LogP contribution in [0.1, 0.15) is 22.5 Å². The second kappa shape index (κ2) is 10.4. The number of rotatable bonds is 5. The number of aromatic nitrogens is 3. The topological polar surface area (TPSA) is 67.1 Å². The Morgan fingerprint density at radius 3 is 2.50 bits per heavy atom. The third kappa shape index (κ3) is 5.68. The molecule has 0 bridgehead atoms. The van der Waals surface area contributed by atoms with Crippen molar-refractivity contribution in [1.82, 2.24) is 25.4 Å². The summed E-state index contributed by atoms with van der Waals surface area (Å²) in [6, 6.07) is 14.0. The number of guanidine groups is 1. The van der Waals surface area contributed by atoms with Crippen molar-refractivity contribution in [3.05, 3.63) is 76.3 Å². The van der Waals surface area contributed by atoms with Crippen LogP contribution in [0.4, 0.5) is 0 Å². The summed E-state index contributed by atoms with van der Waals surface area (Å²) < 4.78 is 1.97. The molecule has 0 saturated carbocycles. The van der Waals surface area contributed by atoms with Crippen LogP contribution in [0.3, 0.4) is 0 Å². The average molecular weight is 511 g/mol. The Hall–Kier alpha value is -2.13. The van der Waals surface area contributed by atoms with Crippen LogP contribution in [0.25, 0.3) is 5.69 Å². The van der Waals surface area contributed by atoms with Crippen LogP contribution < -0.4 is 10.6 Å². The molecule has 2 N–H and O–H groups in total. The molecule has 148 valence electrons. The molecular weight excluding hydrogens is 487 g/mol. The number of nitrogens with one attached hydrogen (secondary N) is 2. The van der Waals surface area contributed by atoms with E-state index in [1.807, 2.05) is 29.8 Å². The lowest BCUT2D eigenvalue weighted by molar-refractivity contribution is 0.780. The summed E-state index contributed by atoms with van der Waals surface area (Å²) in [6.07, 6.45) is 1.75. The maximum Gasteiger partial charge on any atom is 0.191 e. The summed E-state index contributed by atoms with van der Waals surface area (Å²) in [6.45, 7) is 5.31. The zero-order valence-corrected chi connectivity index (χ0v) is 19.2. The number of aryl methyl sites for hydroxylation is 2. The summed E-state index contributed by atoms with van der Waals surface area (Å²) in [5.74, 6) is 0.716. The third-order valence-corrected chi connectivity index (χ3v) is 4.37. The molecule has 0 fully saturated rings. The lowest BCUT2D eigenvalue weighted by Crippen LogP contribution is -2.36. The van der Waals surface area contributed by atoms with Gasteiger partial charge in [-0.05, 0) is 43.2 Å². The predicted molar refractivity (Wildman–Crippen MR) is 125 cm³/mol. The van der Waals surface area contributed by atoms with Crippen molar-refractivity contribution in [1.29, 1.82) is 0 Å². The molecule has 1 aromatic carbocycles. The van der Waals surface area contributed by atoms with Gasteiger partial charge in [-0.2, -0.15) is 5.10 Å². The number of aliphatic imine (C=N–C) groups is 1. The van der Waals surface area contributed by atoms with E-state index < -0.39 is 0 Å². The van der Waals surface area contributed by atoms with Crippen LogP contribution in [0.5, 0.6) is 0 Å². The molecule has 0 aliphatic heterocycles. The first-order chi connectivity index (χ1) is 13.1. The van der Waals surface area contributed by atoms with Crippen molar-refractivity contribution in [2.24, 2.45) is 4.99 Å². The molecular formula is C20H24ClIN6. The van der Waals surface area contributed by atoms with E-state index in [4.69, 9.17) is 11.6 Å². The van der Waals surface area contributed by atoms with E-state index in [9.17, 15) is 0 Å². The fourth-order valence-corrected chi connectivity index (χ4v) is 2.95. The average Bonchev–Trinajstić information content (AvgIpc) is 3.01. The number of halogens is 2. The Morgan fingerprint density at radius 1 is 1.11 bits per heavy atom. The van der Waals surface area contributed by atoms with Gasteiger partial charge in [0.2, 0.25) is 0 Å². The number of nitrogens with zero attached hydrogens (tertiary/aromatic N) is 4. The molecule has 0 aliphatic rings. The van der Waals surface area contributed by atoms with E-state index >= 15 is 0 Å². The minimum atomic E-state index is 0. The molecule has 0 radical (unpaired) electrons. The van der Waals surface area contributed by atoms with Crippen molar-refractivity contribution in [3.63, 3.8) is 0 Å². The van der Waals surface area contributed by atoms with Crippen LogP contribution >= 0.6 is 35.6 Å². The predicted octanol–water partition coefficient (Wildman–Crippen LogP) is 4.02. The van der Waals surface area contributed by atoms with E-state index in [1.54, 1.807) is 19.3 Å². The van der Waals surface area contributed by atoms with Crippen molar-refractivity contribution < 1.29 is 0 Å². The van der Waals surface area contributed by atoms with Gasteiger partial charge in [0.1, 0.15) is 5.15 Å². The second-order valence-electron chi connectivity index (χ2n) is 6.24. The van der Waals surface area contributed by atoms with E-state index in [1.165, 1.54) is 0 Å². The normalized spacial score (nSPS) is 11.1. The molecule has 3 aromatic rings. The Kier molecular flexibility index (Phi) is 8.25. The van der Waals surface area contributed by atoms with Gasteiger partial charge >= 0.3 is 0 Å². The highest BCUT2D eigenvalue weighted by atomic mass is 127. The summed E-state index contributed by atoms with van der Waals surface area (Å²) in [7, 11) is 1.75. The van der Waals surface area contributed by atoms with Gasteiger partial charge in [-0.15, -0.1) is 24.0 Å². The Bertz CT molecular complexity index is 936. The largest absolute Gasteiger partial charge is 0.352 e. The lowest BCUT2D eigenvalue weighted by atomic mass is 10.1.